The molecule has 0 radical (unpaired) electrons. The Morgan fingerprint density at radius 2 is 2.18 bits per heavy atom. The first-order valence-corrected chi connectivity index (χ1v) is 3.87. The van der Waals surface area contributed by atoms with E-state index in [1.54, 1.807) is 6.20 Å². The molecule has 11 heavy (non-hydrogen) atoms. The molecule has 0 saturated heterocycles. The van der Waals surface area contributed by atoms with Crippen molar-refractivity contribution in [1.82, 2.24) is 4.98 Å². The van der Waals surface area contributed by atoms with E-state index in [0.717, 1.165) is 24.6 Å². The number of pyridine rings is 1. The molecule has 0 aromatic carbocycles. The Bertz CT molecular complexity index is 274. The molecular weight excluding hydrogens is 162 g/mol. The van der Waals surface area contributed by atoms with Gasteiger partial charge < -0.3 is 10.6 Å². The van der Waals surface area contributed by atoms with Crippen molar-refractivity contribution in [1.29, 1.82) is 0 Å². The SMILES string of the molecule is Clc1cnc2c(c1)NCCN2. The topological polar surface area (TPSA) is 37.0 Å². The summed E-state index contributed by atoms with van der Waals surface area (Å²) in [4.78, 5) is 4.11. The Morgan fingerprint density at radius 3 is 3.09 bits per heavy atom. The largest absolute Gasteiger partial charge is 0.380 e. The van der Waals surface area contributed by atoms with Crippen molar-refractivity contribution in [2.45, 2.75) is 0 Å². The summed E-state index contributed by atoms with van der Waals surface area (Å²) >= 11 is 5.75. The molecule has 0 amide bonds. The number of hydrogen-bond donors (Lipinski definition) is 2. The van der Waals surface area contributed by atoms with Gasteiger partial charge in [0.15, 0.2) is 0 Å². The summed E-state index contributed by atoms with van der Waals surface area (Å²) < 4.78 is 0. The lowest BCUT2D eigenvalue weighted by Crippen LogP contribution is -2.21. The third-order valence-corrected chi connectivity index (χ3v) is 1.79. The second-order valence-corrected chi connectivity index (χ2v) is 2.84. The number of fused-ring (bicyclic) bond motifs is 1. The molecule has 1 aliphatic rings. The number of aromatic nitrogens is 1. The maximum atomic E-state index is 5.75. The van der Waals surface area contributed by atoms with Gasteiger partial charge in [-0.2, -0.15) is 0 Å². The second-order valence-electron chi connectivity index (χ2n) is 2.40. The van der Waals surface area contributed by atoms with Crippen molar-refractivity contribution >= 4 is 23.1 Å². The van der Waals surface area contributed by atoms with Crippen LogP contribution in [-0.4, -0.2) is 18.1 Å². The molecular formula is C7H8ClN3. The molecule has 2 heterocycles. The third-order valence-electron chi connectivity index (χ3n) is 1.59. The average molecular weight is 170 g/mol. The van der Waals surface area contributed by atoms with Gasteiger partial charge in [0.1, 0.15) is 5.82 Å². The van der Waals surface area contributed by atoms with E-state index in [2.05, 4.69) is 15.6 Å². The van der Waals surface area contributed by atoms with E-state index in [1.165, 1.54) is 0 Å². The molecule has 1 aromatic rings. The van der Waals surface area contributed by atoms with Gasteiger partial charge in [-0.25, -0.2) is 4.98 Å². The fourth-order valence-electron chi connectivity index (χ4n) is 1.09. The van der Waals surface area contributed by atoms with E-state index in [-0.39, 0.29) is 0 Å². The predicted molar refractivity (Wildman–Crippen MR) is 46.2 cm³/mol. The summed E-state index contributed by atoms with van der Waals surface area (Å²) in [5.74, 6) is 0.889. The van der Waals surface area contributed by atoms with Gasteiger partial charge in [0.05, 0.1) is 10.7 Å². The van der Waals surface area contributed by atoms with E-state index >= 15 is 0 Å². The number of halogens is 1. The summed E-state index contributed by atoms with van der Waals surface area (Å²) in [6.07, 6.45) is 1.64. The molecule has 0 saturated carbocycles. The van der Waals surface area contributed by atoms with E-state index in [0.29, 0.717) is 5.02 Å². The average Bonchev–Trinajstić information content (AvgIpc) is 2.04. The number of anilines is 2. The zero-order valence-electron chi connectivity index (χ0n) is 5.89. The van der Waals surface area contributed by atoms with Crippen molar-refractivity contribution < 1.29 is 0 Å². The summed E-state index contributed by atoms with van der Waals surface area (Å²) in [6, 6.07) is 1.87. The first-order valence-electron chi connectivity index (χ1n) is 3.49. The Hall–Kier alpha value is -0.960. The summed E-state index contributed by atoms with van der Waals surface area (Å²) in [5, 5.41) is 7.02. The zero-order valence-corrected chi connectivity index (χ0v) is 6.65. The van der Waals surface area contributed by atoms with E-state index in [1.807, 2.05) is 6.07 Å². The maximum absolute atomic E-state index is 5.75. The Morgan fingerprint density at radius 1 is 1.36 bits per heavy atom. The minimum absolute atomic E-state index is 0.667. The van der Waals surface area contributed by atoms with Crippen LogP contribution >= 0.6 is 11.6 Å². The lowest BCUT2D eigenvalue weighted by molar-refractivity contribution is 1.02. The number of nitrogens with zero attached hydrogens (tertiary/aromatic N) is 1. The molecule has 58 valence electrons. The van der Waals surface area contributed by atoms with Crippen molar-refractivity contribution in [3.63, 3.8) is 0 Å². The van der Waals surface area contributed by atoms with Crippen LogP contribution in [0.2, 0.25) is 5.02 Å². The predicted octanol–water partition coefficient (Wildman–Crippen LogP) is 1.57. The highest BCUT2D eigenvalue weighted by Crippen LogP contribution is 2.24. The Kier molecular flexibility index (Phi) is 1.58. The fourth-order valence-corrected chi connectivity index (χ4v) is 1.25. The molecule has 3 nitrogen and oxygen atoms in total. The number of hydrogen-bond acceptors (Lipinski definition) is 3. The maximum Gasteiger partial charge on any atom is 0.149 e. The standard InChI is InChI=1S/C7H8ClN3/c8-5-3-6-7(11-4-5)10-2-1-9-6/h3-4,9H,1-2H2,(H,10,11). The van der Waals surface area contributed by atoms with Gasteiger partial charge in [0.25, 0.3) is 0 Å². The van der Waals surface area contributed by atoms with Gasteiger partial charge >= 0.3 is 0 Å². The Labute approximate surface area is 69.8 Å². The van der Waals surface area contributed by atoms with Crippen LogP contribution in [0.1, 0.15) is 0 Å². The number of nitrogens with one attached hydrogen (secondary N) is 2. The van der Waals surface area contributed by atoms with Crippen LogP contribution < -0.4 is 10.6 Å². The molecule has 1 aliphatic heterocycles. The molecule has 0 spiro atoms. The van der Waals surface area contributed by atoms with Crippen molar-refractivity contribution in [2.24, 2.45) is 0 Å². The quantitative estimate of drug-likeness (QED) is 0.619. The minimum atomic E-state index is 0.667. The van der Waals surface area contributed by atoms with Gasteiger partial charge in [-0.1, -0.05) is 11.6 Å². The van der Waals surface area contributed by atoms with Crippen molar-refractivity contribution in [3.05, 3.63) is 17.3 Å². The summed E-state index contributed by atoms with van der Waals surface area (Å²) in [6.45, 7) is 1.84. The second kappa shape index (κ2) is 2.58. The van der Waals surface area contributed by atoms with E-state index < -0.39 is 0 Å². The fraction of sp³-hybridized carbons (Fsp3) is 0.286. The molecule has 2 N–H and O–H groups in total. The smallest absolute Gasteiger partial charge is 0.149 e. The normalized spacial score (nSPS) is 14.6. The van der Waals surface area contributed by atoms with Crippen LogP contribution in [0.25, 0.3) is 0 Å². The van der Waals surface area contributed by atoms with Crippen LogP contribution in [-0.2, 0) is 0 Å². The van der Waals surface area contributed by atoms with Gasteiger partial charge in [-0.05, 0) is 6.07 Å². The van der Waals surface area contributed by atoms with E-state index in [9.17, 15) is 0 Å². The van der Waals surface area contributed by atoms with Crippen LogP contribution in [0.4, 0.5) is 11.5 Å². The molecule has 2 rings (SSSR count). The first-order chi connectivity index (χ1) is 5.36. The molecule has 0 atom stereocenters. The van der Waals surface area contributed by atoms with Crippen LogP contribution in [0.15, 0.2) is 12.3 Å². The van der Waals surface area contributed by atoms with Gasteiger partial charge in [0.2, 0.25) is 0 Å². The van der Waals surface area contributed by atoms with E-state index in [4.69, 9.17) is 11.6 Å². The Balaban J connectivity index is 2.43. The molecule has 0 bridgehead atoms. The molecule has 0 aliphatic carbocycles. The van der Waals surface area contributed by atoms with Crippen molar-refractivity contribution in [2.75, 3.05) is 23.7 Å². The third kappa shape index (κ3) is 1.24. The lowest BCUT2D eigenvalue weighted by Gasteiger charge is -2.18. The van der Waals surface area contributed by atoms with Crippen LogP contribution in [0.5, 0.6) is 0 Å². The first kappa shape index (κ1) is 6.73. The highest BCUT2D eigenvalue weighted by Gasteiger charge is 2.07. The van der Waals surface area contributed by atoms with Crippen LogP contribution in [0, 0.1) is 0 Å². The van der Waals surface area contributed by atoms with Crippen LogP contribution in [0.3, 0.4) is 0 Å². The molecule has 0 fully saturated rings. The number of rotatable bonds is 0. The lowest BCUT2D eigenvalue weighted by atomic mass is 10.3. The molecule has 4 heteroatoms. The van der Waals surface area contributed by atoms with Crippen molar-refractivity contribution in [3.8, 4) is 0 Å². The summed E-state index contributed by atoms with van der Waals surface area (Å²) in [5.41, 5.74) is 0.990. The van der Waals surface area contributed by atoms with Gasteiger partial charge in [-0.15, -0.1) is 0 Å². The monoisotopic (exact) mass is 169 g/mol. The zero-order chi connectivity index (χ0) is 7.68. The summed E-state index contributed by atoms with van der Waals surface area (Å²) in [7, 11) is 0. The van der Waals surface area contributed by atoms with Gasteiger partial charge in [-0.3, -0.25) is 0 Å². The molecule has 1 aromatic heterocycles. The minimum Gasteiger partial charge on any atom is -0.380 e. The highest BCUT2D eigenvalue weighted by molar-refractivity contribution is 6.30. The van der Waals surface area contributed by atoms with Gasteiger partial charge in [0, 0.05) is 19.3 Å². The highest BCUT2D eigenvalue weighted by atomic mass is 35.5. The molecule has 0 unspecified atom stereocenters.